The van der Waals surface area contributed by atoms with Crippen molar-refractivity contribution in [1.29, 1.82) is 0 Å². The third kappa shape index (κ3) is 1.32. The number of anilines is 1. The van der Waals surface area contributed by atoms with Crippen LogP contribution in [-0.2, 0) is 0 Å². The van der Waals surface area contributed by atoms with Crippen molar-refractivity contribution in [2.75, 3.05) is 12.0 Å². The average molecular weight is 209 g/mol. The van der Waals surface area contributed by atoms with Gasteiger partial charge in [0.15, 0.2) is 0 Å². The molecule has 2 aromatic rings. The number of hydrogen-bond donors (Lipinski definition) is 1. The van der Waals surface area contributed by atoms with E-state index < -0.39 is 0 Å². The molecule has 0 saturated heterocycles. The molecule has 1 nitrogen and oxygen atoms in total. The summed E-state index contributed by atoms with van der Waals surface area (Å²) in [6.07, 6.45) is 2.08. The first-order valence-corrected chi connectivity index (χ1v) is 6.14. The molecule has 13 heavy (non-hydrogen) atoms. The van der Waals surface area contributed by atoms with Gasteiger partial charge < -0.3 is 5.73 Å². The topological polar surface area (TPSA) is 26.0 Å². The van der Waals surface area contributed by atoms with Crippen LogP contribution in [0.4, 0.5) is 5.69 Å². The Morgan fingerprint density at radius 2 is 2.15 bits per heavy atom. The second-order valence-electron chi connectivity index (χ2n) is 2.98. The molecular formula is C10H11NS2. The third-order valence-corrected chi connectivity index (χ3v) is 4.04. The van der Waals surface area contributed by atoms with Gasteiger partial charge in [-0.05, 0) is 24.8 Å². The Kier molecular flexibility index (Phi) is 2.22. The Bertz CT molecular complexity index is 445. The molecule has 0 atom stereocenters. The SMILES string of the molecule is CSc1ccc(C)c2scc(N)c12. The van der Waals surface area contributed by atoms with Crippen molar-refractivity contribution >= 4 is 38.9 Å². The maximum atomic E-state index is 5.92. The molecule has 3 heteroatoms. The maximum Gasteiger partial charge on any atom is 0.0514 e. The summed E-state index contributed by atoms with van der Waals surface area (Å²) >= 11 is 3.48. The molecule has 0 unspecified atom stereocenters. The van der Waals surface area contributed by atoms with E-state index >= 15 is 0 Å². The zero-order valence-electron chi connectivity index (χ0n) is 7.63. The minimum absolute atomic E-state index is 0.910. The van der Waals surface area contributed by atoms with Gasteiger partial charge in [0.05, 0.1) is 5.69 Å². The van der Waals surface area contributed by atoms with Crippen LogP contribution < -0.4 is 5.73 Å². The molecule has 1 aromatic heterocycles. The maximum absolute atomic E-state index is 5.92. The molecule has 1 aromatic carbocycles. The molecule has 0 spiro atoms. The van der Waals surface area contributed by atoms with E-state index in [0.29, 0.717) is 0 Å². The molecule has 68 valence electrons. The first-order chi connectivity index (χ1) is 6.24. The van der Waals surface area contributed by atoms with Gasteiger partial charge in [0, 0.05) is 20.4 Å². The molecule has 1 heterocycles. The lowest BCUT2D eigenvalue weighted by Gasteiger charge is -2.02. The van der Waals surface area contributed by atoms with E-state index in [2.05, 4.69) is 25.3 Å². The van der Waals surface area contributed by atoms with Gasteiger partial charge in [-0.15, -0.1) is 23.1 Å². The fraction of sp³-hybridized carbons (Fsp3) is 0.200. The number of hydrogen-bond acceptors (Lipinski definition) is 3. The zero-order chi connectivity index (χ0) is 9.42. The number of nitrogen functional groups attached to an aromatic ring is 1. The largest absolute Gasteiger partial charge is 0.398 e. The van der Waals surface area contributed by atoms with E-state index in [1.807, 2.05) is 5.38 Å². The van der Waals surface area contributed by atoms with Crippen LogP contribution in [-0.4, -0.2) is 6.26 Å². The molecule has 0 radical (unpaired) electrons. The number of thioether (sulfide) groups is 1. The fourth-order valence-corrected chi connectivity index (χ4v) is 3.10. The van der Waals surface area contributed by atoms with Gasteiger partial charge in [0.25, 0.3) is 0 Å². The summed E-state index contributed by atoms with van der Waals surface area (Å²) in [5, 5.41) is 3.26. The van der Waals surface area contributed by atoms with E-state index in [-0.39, 0.29) is 0 Å². The van der Waals surface area contributed by atoms with E-state index in [0.717, 1.165) is 5.69 Å². The van der Waals surface area contributed by atoms with Gasteiger partial charge in [-0.25, -0.2) is 0 Å². The standard InChI is InChI=1S/C10H11NS2/c1-6-3-4-8(12-2)9-7(11)5-13-10(6)9/h3-5H,11H2,1-2H3. The van der Waals surface area contributed by atoms with Crippen LogP contribution in [0.3, 0.4) is 0 Å². The summed E-state index contributed by atoms with van der Waals surface area (Å²) in [6, 6.07) is 4.30. The minimum Gasteiger partial charge on any atom is -0.398 e. The normalized spacial score (nSPS) is 10.9. The zero-order valence-corrected chi connectivity index (χ0v) is 9.26. The first-order valence-electron chi connectivity index (χ1n) is 4.04. The summed E-state index contributed by atoms with van der Waals surface area (Å²) in [6.45, 7) is 2.13. The number of fused-ring (bicyclic) bond motifs is 1. The lowest BCUT2D eigenvalue weighted by molar-refractivity contribution is 1.48. The van der Waals surface area contributed by atoms with Gasteiger partial charge in [-0.2, -0.15) is 0 Å². The van der Waals surface area contributed by atoms with Crippen LogP contribution in [0.5, 0.6) is 0 Å². The summed E-state index contributed by atoms with van der Waals surface area (Å²) in [5.41, 5.74) is 8.14. The Balaban J connectivity index is 2.88. The molecule has 0 bridgehead atoms. The Morgan fingerprint density at radius 1 is 1.38 bits per heavy atom. The number of rotatable bonds is 1. The molecule has 0 aliphatic heterocycles. The van der Waals surface area contributed by atoms with Crippen LogP contribution in [0.1, 0.15) is 5.56 Å². The van der Waals surface area contributed by atoms with E-state index in [1.165, 1.54) is 20.5 Å². The highest BCUT2D eigenvalue weighted by molar-refractivity contribution is 7.98. The van der Waals surface area contributed by atoms with Crippen LogP contribution >= 0.6 is 23.1 Å². The highest BCUT2D eigenvalue weighted by atomic mass is 32.2. The lowest BCUT2D eigenvalue weighted by Crippen LogP contribution is -1.83. The molecule has 0 saturated carbocycles. The van der Waals surface area contributed by atoms with Gasteiger partial charge >= 0.3 is 0 Å². The van der Waals surface area contributed by atoms with Gasteiger partial charge in [-0.3, -0.25) is 0 Å². The Hall–Kier alpha value is -0.670. The van der Waals surface area contributed by atoms with Gasteiger partial charge in [0.2, 0.25) is 0 Å². The molecular weight excluding hydrogens is 198 g/mol. The number of aryl methyl sites for hydroxylation is 1. The van der Waals surface area contributed by atoms with Crippen LogP contribution in [0.15, 0.2) is 22.4 Å². The smallest absolute Gasteiger partial charge is 0.0514 e. The number of thiophene rings is 1. The van der Waals surface area contributed by atoms with Gasteiger partial charge in [0.1, 0.15) is 0 Å². The predicted octanol–water partition coefficient (Wildman–Crippen LogP) is 3.51. The summed E-state index contributed by atoms with van der Waals surface area (Å²) in [7, 11) is 0. The monoisotopic (exact) mass is 209 g/mol. The second kappa shape index (κ2) is 3.24. The summed E-state index contributed by atoms with van der Waals surface area (Å²) in [4.78, 5) is 1.28. The molecule has 0 aliphatic rings. The molecule has 0 fully saturated rings. The summed E-state index contributed by atoms with van der Waals surface area (Å²) in [5.74, 6) is 0. The molecule has 0 aliphatic carbocycles. The van der Waals surface area contributed by atoms with Crippen molar-refractivity contribution in [2.45, 2.75) is 11.8 Å². The highest BCUT2D eigenvalue weighted by Gasteiger charge is 2.07. The molecule has 2 rings (SSSR count). The van der Waals surface area contributed by atoms with Crippen molar-refractivity contribution in [3.8, 4) is 0 Å². The van der Waals surface area contributed by atoms with E-state index in [1.54, 1.807) is 23.1 Å². The minimum atomic E-state index is 0.910. The van der Waals surface area contributed by atoms with Crippen molar-refractivity contribution < 1.29 is 0 Å². The summed E-state index contributed by atoms with van der Waals surface area (Å²) < 4.78 is 1.32. The number of benzene rings is 1. The van der Waals surface area contributed by atoms with E-state index in [9.17, 15) is 0 Å². The second-order valence-corrected chi connectivity index (χ2v) is 4.71. The Labute approximate surface area is 85.9 Å². The van der Waals surface area contributed by atoms with Crippen LogP contribution in [0.25, 0.3) is 10.1 Å². The van der Waals surface area contributed by atoms with Crippen molar-refractivity contribution in [2.24, 2.45) is 0 Å². The first kappa shape index (κ1) is 8.91. The third-order valence-electron chi connectivity index (χ3n) is 2.13. The molecule has 0 amide bonds. The van der Waals surface area contributed by atoms with Gasteiger partial charge in [-0.1, -0.05) is 6.07 Å². The Morgan fingerprint density at radius 3 is 2.85 bits per heavy atom. The van der Waals surface area contributed by atoms with Crippen molar-refractivity contribution in [1.82, 2.24) is 0 Å². The van der Waals surface area contributed by atoms with Crippen molar-refractivity contribution in [3.05, 3.63) is 23.1 Å². The average Bonchev–Trinajstić information content (AvgIpc) is 2.51. The predicted molar refractivity (Wildman–Crippen MR) is 62.8 cm³/mol. The van der Waals surface area contributed by atoms with Crippen LogP contribution in [0.2, 0.25) is 0 Å². The quantitative estimate of drug-likeness (QED) is 0.727. The molecule has 2 N–H and O–H groups in total. The van der Waals surface area contributed by atoms with Crippen LogP contribution in [0, 0.1) is 6.92 Å². The fourth-order valence-electron chi connectivity index (χ4n) is 1.45. The van der Waals surface area contributed by atoms with Crippen molar-refractivity contribution in [3.63, 3.8) is 0 Å². The van der Waals surface area contributed by atoms with E-state index in [4.69, 9.17) is 5.73 Å². The lowest BCUT2D eigenvalue weighted by atomic mass is 10.2. The highest BCUT2D eigenvalue weighted by Crippen LogP contribution is 2.37. The number of nitrogens with two attached hydrogens (primary N) is 1.